The molecule has 0 bridgehead atoms. The van der Waals surface area contributed by atoms with Crippen LogP contribution in [0.4, 0.5) is 4.79 Å². The Hall–Kier alpha value is -1.46. The lowest BCUT2D eigenvalue weighted by molar-refractivity contribution is -0.145. The first kappa shape index (κ1) is 18.9. The van der Waals surface area contributed by atoms with Crippen LogP contribution in [0.25, 0.3) is 0 Å². The highest BCUT2D eigenvalue weighted by atomic mass is 35.5. The predicted molar refractivity (Wildman–Crippen MR) is 92.5 cm³/mol. The average Bonchev–Trinajstić information content (AvgIpc) is 2.89. The fourth-order valence-electron chi connectivity index (χ4n) is 2.79. The molecule has 2 atom stereocenters. The molecule has 1 aromatic rings. The lowest BCUT2D eigenvalue weighted by Gasteiger charge is -2.24. The van der Waals surface area contributed by atoms with Crippen molar-refractivity contribution in [2.24, 2.45) is 5.92 Å². The van der Waals surface area contributed by atoms with Crippen molar-refractivity contribution in [1.82, 2.24) is 4.90 Å². The lowest BCUT2D eigenvalue weighted by atomic mass is 9.89. The second-order valence-corrected chi connectivity index (χ2v) is 7.63. The lowest BCUT2D eigenvalue weighted by Crippen LogP contribution is -2.36. The van der Waals surface area contributed by atoms with E-state index in [1.165, 1.54) is 12.0 Å². The van der Waals surface area contributed by atoms with Gasteiger partial charge in [0.2, 0.25) is 0 Å². The summed E-state index contributed by atoms with van der Waals surface area (Å²) in [6.45, 7) is 5.95. The molecule has 24 heavy (non-hydrogen) atoms. The molecule has 0 unspecified atom stereocenters. The van der Waals surface area contributed by atoms with Gasteiger partial charge in [-0.1, -0.05) is 29.3 Å². The van der Waals surface area contributed by atoms with Crippen molar-refractivity contribution < 1.29 is 19.1 Å². The molecule has 1 heterocycles. The van der Waals surface area contributed by atoms with Gasteiger partial charge >= 0.3 is 12.1 Å². The molecule has 1 amide bonds. The molecule has 0 spiro atoms. The van der Waals surface area contributed by atoms with Gasteiger partial charge in [0.25, 0.3) is 0 Å². The van der Waals surface area contributed by atoms with Crippen molar-refractivity contribution in [3.63, 3.8) is 0 Å². The van der Waals surface area contributed by atoms with Gasteiger partial charge in [0, 0.05) is 29.1 Å². The first-order valence-corrected chi connectivity index (χ1v) is 8.38. The summed E-state index contributed by atoms with van der Waals surface area (Å²) in [6.07, 6.45) is -0.455. The zero-order valence-electron chi connectivity index (χ0n) is 14.1. The highest BCUT2D eigenvalue weighted by Crippen LogP contribution is 2.38. The van der Waals surface area contributed by atoms with Gasteiger partial charge in [0.1, 0.15) is 5.60 Å². The molecule has 1 aromatic carbocycles. The number of benzene rings is 1. The molecule has 0 aliphatic carbocycles. The van der Waals surface area contributed by atoms with E-state index in [-0.39, 0.29) is 18.4 Å². The van der Waals surface area contributed by atoms with Gasteiger partial charge in [-0.3, -0.25) is 4.79 Å². The maximum atomic E-state index is 12.3. The summed E-state index contributed by atoms with van der Waals surface area (Å²) in [5, 5.41) is 0.979. The van der Waals surface area contributed by atoms with E-state index in [0.29, 0.717) is 16.6 Å². The third-order valence-electron chi connectivity index (χ3n) is 3.84. The van der Waals surface area contributed by atoms with Crippen LogP contribution in [0.2, 0.25) is 10.0 Å². The van der Waals surface area contributed by atoms with Gasteiger partial charge in [-0.15, -0.1) is 0 Å². The third kappa shape index (κ3) is 4.33. The van der Waals surface area contributed by atoms with Gasteiger partial charge in [0.05, 0.1) is 13.0 Å². The van der Waals surface area contributed by atoms with Gasteiger partial charge in [0.15, 0.2) is 0 Å². The number of hydrogen-bond donors (Lipinski definition) is 0. The summed E-state index contributed by atoms with van der Waals surface area (Å²) in [7, 11) is 1.33. The summed E-state index contributed by atoms with van der Waals surface area (Å²) in [4.78, 5) is 26.0. The molecule has 1 saturated heterocycles. The minimum Gasteiger partial charge on any atom is -0.469 e. The smallest absolute Gasteiger partial charge is 0.410 e. The van der Waals surface area contributed by atoms with Crippen molar-refractivity contribution in [2.45, 2.75) is 32.3 Å². The molecular formula is C17H21Cl2NO4. The van der Waals surface area contributed by atoms with Gasteiger partial charge in [-0.05, 0) is 38.5 Å². The molecule has 5 nitrogen and oxygen atoms in total. The molecule has 0 radical (unpaired) electrons. The van der Waals surface area contributed by atoms with Crippen LogP contribution in [0.15, 0.2) is 18.2 Å². The number of hydrogen-bond acceptors (Lipinski definition) is 4. The van der Waals surface area contributed by atoms with E-state index in [1.807, 2.05) is 0 Å². The highest BCUT2D eigenvalue weighted by molar-refractivity contribution is 6.35. The molecular weight excluding hydrogens is 353 g/mol. The Morgan fingerprint density at radius 3 is 2.42 bits per heavy atom. The summed E-state index contributed by atoms with van der Waals surface area (Å²) >= 11 is 12.2. The fraction of sp³-hybridized carbons (Fsp3) is 0.529. The first-order chi connectivity index (χ1) is 11.1. The van der Waals surface area contributed by atoms with Crippen LogP contribution >= 0.6 is 23.2 Å². The molecule has 1 aliphatic rings. The predicted octanol–water partition coefficient (Wildman–Crippen LogP) is 4.12. The molecule has 132 valence electrons. The Morgan fingerprint density at radius 1 is 1.21 bits per heavy atom. The van der Waals surface area contributed by atoms with Crippen molar-refractivity contribution >= 4 is 35.3 Å². The molecule has 1 fully saturated rings. The topological polar surface area (TPSA) is 55.8 Å². The maximum absolute atomic E-state index is 12.3. The quantitative estimate of drug-likeness (QED) is 0.731. The molecule has 1 aliphatic heterocycles. The minimum atomic E-state index is -0.603. The van der Waals surface area contributed by atoms with Crippen LogP contribution < -0.4 is 0 Å². The van der Waals surface area contributed by atoms with E-state index in [4.69, 9.17) is 32.7 Å². The van der Waals surface area contributed by atoms with Crippen molar-refractivity contribution in [3.05, 3.63) is 33.8 Å². The Labute approximate surface area is 151 Å². The van der Waals surface area contributed by atoms with Crippen LogP contribution in [0.1, 0.15) is 32.3 Å². The number of likely N-dealkylation sites (tertiary alicyclic amines) is 1. The standard InChI is InChI=1S/C17H21Cl2NO4/c1-17(2,3)24-16(22)20-8-12(13(9-20)15(21)23-4)11-6-5-10(18)7-14(11)19/h5-7,12-13H,8-9H2,1-4H3/t12-,13+/m1/s1. The number of ether oxygens (including phenoxy) is 2. The Kier molecular flexibility index (Phi) is 5.66. The van der Waals surface area contributed by atoms with Crippen LogP contribution in [0.5, 0.6) is 0 Å². The van der Waals surface area contributed by atoms with Crippen LogP contribution in [-0.4, -0.2) is 42.8 Å². The monoisotopic (exact) mass is 373 g/mol. The van der Waals surface area contributed by atoms with E-state index in [2.05, 4.69) is 0 Å². The zero-order valence-corrected chi connectivity index (χ0v) is 15.6. The summed E-state index contributed by atoms with van der Waals surface area (Å²) < 4.78 is 10.3. The summed E-state index contributed by atoms with van der Waals surface area (Å²) in [6, 6.07) is 5.13. The number of nitrogens with zero attached hydrogens (tertiary/aromatic N) is 1. The molecule has 2 rings (SSSR count). The van der Waals surface area contributed by atoms with Crippen molar-refractivity contribution in [2.75, 3.05) is 20.2 Å². The molecule has 0 aromatic heterocycles. The normalized spacial score (nSPS) is 20.8. The molecule has 0 N–H and O–H groups in total. The number of rotatable bonds is 2. The van der Waals surface area contributed by atoms with E-state index in [9.17, 15) is 9.59 Å². The average molecular weight is 374 g/mol. The number of amides is 1. The van der Waals surface area contributed by atoms with Gasteiger partial charge < -0.3 is 14.4 Å². The number of carbonyl (C=O) groups is 2. The van der Waals surface area contributed by atoms with E-state index >= 15 is 0 Å². The van der Waals surface area contributed by atoms with E-state index < -0.39 is 17.6 Å². The Bertz CT molecular complexity index is 642. The van der Waals surface area contributed by atoms with Crippen LogP contribution in [0, 0.1) is 5.92 Å². The Morgan fingerprint density at radius 2 is 1.88 bits per heavy atom. The summed E-state index contributed by atoms with van der Waals surface area (Å²) in [5.41, 5.74) is 0.163. The van der Waals surface area contributed by atoms with E-state index in [0.717, 1.165) is 5.56 Å². The summed E-state index contributed by atoms with van der Waals surface area (Å²) in [5.74, 6) is -1.15. The molecule has 0 saturated carbocycles. The number of halogens is 2. The fourth-order valence-corrected chi connectivity index (χ4v) is 3.34. The van der Waals surface area contributed by atoms with Crippen LogP contribution in [-0.2, 0) is 14.3 Å². The zero-order chi connectivity index (χ0) is 18.1. The van der Waals surface area contributed by atoms with Crippen LogP contribution in [0.3, 0.4) is 0 Å². The molecule has 7 heteroatoms. The second kappa shape index (κ2) is 7.19. The number of esters is 1. The Balaban J connectivity index is 2.28. The number of carbonyl (C=O) groups excluding carboxylic acids is 2. The second-order valence-electron chi connectivity index (χ2n) is 6.79. The maximum Gasteiger partial charge on any atom is 0.410 e. The third-order valence-corrected chi connectivity index (χ3v) is 4.40. The van der Waals surface area contributed by atoms with Crippen molar-refractivity contribution in [1.29, 1.82) is 0 Å². The van der Waals surface area contributed by atoms with Gasteiger partial charge in [-0.2, -0.15) is 0 Å². The number of methoxy groups -OCH3 is 1. The van der Waals surface area contributed by atoms with Crippen molar-refractivity contribution in [3.8, 4) is 0 Å². The first-order valence-electron chi connectivity index (χ1n) is 7.63. The van der Waals surface area contributed by atoms with E-state index in [1.54, 1.807) is 39.0 Å². The highest BCUT2D eigenvalue weighted by Gasteiger charge is 2.43. The SMILES string of the molecule is COC(=O)[C@H]1CN(C(=O)OC(C)(C)C)C[C@@H]1c1ccc(Cl)cc1Cl. The minimum absolute atomic E-state index is 0.227. The largest absolute Gasteiger partial charge is 0.469 e. The van der Waals surface area contributed by atoms with Gasteiger partial charge in [-0.25, -0.2) is 4.79 Å².